The Bertz CT molecular complexity index is 1240. The fourth-order valence-corrected chi connectivity index (χ4v) is 2.95. The summed E-state index contributed by atoms with van der Waals surface area (Å²) in [5, 5.41) is 9.04. The summed E-state index contributed by atoms with van der Waals surface area (Å²) in [5.74, 6) is -1.74. The molecule has 8 heteroatoms. The van der Waals surface area contributed by atoms with Gasteiger partial charge in [0.25, 0.3) is 5.91 Å². The van der Waals surface area contributed by atoms with Gasteiger partial charge in [-0.05, 0) is 54.4 Å². The van der Waals surface area contributed by atoms with Crippen molar-refractivity contribution in [1.82, 2.24) is 5.43 Å². The number of carbonyl (C=O) groups excluding carboxylic acids is 3. The predicted molar refractivity (Wildman–Crippen MR) is 132 cm³/mol. The van der Waals surface area contributed by atoms with Crippen molar-refractivity contribution in [3.8, 4) is 5.75 Å². The molecule has 0 aliphatic heterocycles. The quantitative estimate of drug-likeness (QED) is 0.207. The smallest absolute Gasteiger partial charge is 0.329 e. The summed E-state index contributed by atoms with van der Waals surface area (Å²) in [6, 6.07) is 20.8. The number of rotatable bonds is 8. The third-order valence-electron chi connectivity index (χ3n) is 4.51. The molecule has 8 nitrogen and oxygen atoms in total. The number of hydrazone groups is 1. The van der Waals surface area contributed by atoms with Gasteiger partial charge in [-0.2, -0.15) is 5.10 Å². The number of ether oxygens (including phenoxy) is 1. The number of nitrogens with one attached hydrogen (secondary N) is 3. The minimum atomic E-state index is -0.982. The van der Waals surface area contributed by atoms with E-state index in [9.17, 15) is 14.4 Å². The summed E-state index contributed by atoms with van der Waals surface area (Å²) in [6.07, 6.45) is 3.01. The molecule has 0 heterocycles. The average molecular weight is 457 g/mol. The zero-order valence-electron chi connectivity index (χ0n) is 18.6. The molecule has 0 fully saturated rings. The third kappa shape index (κ3) is 6.89. The van der Waals surface area contributed by atoms with Gasteiger partial charge in [-0.25, -0.2) is 5.43 Å². The maximum absolute atomic E-state index is 12.7. The second kappa shape index (κ2) is 11.8. The van der Waals surface area contributed by atoms with Gasteiger partial charge in [0.1, 0.15) is 12.4 Å². The van der Waals surface area contributed by atoms with Crippen molar-refractivity contribution in [2.45, 2.75) is 6.92 Å². The summed E-state index contributed by atoms with van der Waals surface area (Å²) in [5.41, 5.74) is 4.86. The summed E-state index contributed by atoms with van der Waals surface area (Å²) in [6.45, 7) is 5.87. The van der Waals surface area contributed by atoms with Crippen LogP contribution in [0.2, 0.25) is 0 Å². The number of hydrogen-bond donors (Lipinski definition) is 3. The Morgan fingerprint density at radius 3 is 2.53 bits per heavy atom. The van der Waals surface area contributed by atoms with E-state index in [1.54, 1.807) is 54.6 Å². The molecule has 0 saturated carbocycles. The van der Waals surface area contributed by atoms with Crippen LogP contribution in [0.3, 0.4) is 0 Å². The number of anilines is 2. The lowest BCUT2D eigenvalue weighted by molar-refractivity contribution is -0.136. The number of nitrogens with zero attached hydrogens (tertiary/aromatic N) is 1. The van der Waals surface area contributed by atoms with Crippen LogP contribution in [-0.4, -0.2) is 30.5 Å². The zero-order chi connectivity index (χ0) is 24.3. The monoisotopic (exact) mass is 456 g/mol. The van der Waals surface area contributed by atoms with Crippen molar-refractivity contribution in [3.63, 3.8) is 0 Å². The van der Waals surface area contributed by atoms with Crippen molar-refractivity contribution < 1.29 is 19.1 Å². The Hall–Kier alpha value is -4.72. The molecule has 0 aliphatic rings. The first kappa shape index (κ1) is 23.9. The lowest BCUT2D eigenvalue weighted by Crippen LogP contribution is -2.33. The van der Waals surface area contributed by atoms with E-state index in [4.69, 9.17) is 4.74 Å². The van der Waals surface area contributed by atoms with Crippen LogP contribution in [0.1, 0.15) is 21.5 Å². The second-order valence-electron chi connectivity index (χ2n) is 7.19. The summed E-state index contributed by atoms with van der Waals surface area (Å²) in [4.78, 5) is 37.2. The fraction of sp³-hybridized carbons (Fsp3) is 0.0769. The summed E-state index contributed by atoms with van der Waals surface area (Å²) >= 11 is 0. The molecule has 3 aromatic rings. The normalized spacial score (nSPS) is 10.4. The standard InChI is InChI=1S/C26H24N4O4/c1-3-14-34-21-11-7-9-19(16-21)17-27-30-26(33)25(32)29-23-13-5-4-12-22(23)24(31)28-20-10-6-8-18(2)15-20/h3-13,15-17H,1,14H2,2H3,(H,28,31)(H,29,32)(H,30,33)/b27-17+. The third-order valence-corrected chi connectivity index (χ3v) is 4.51. The molecule has 0 bridgehead atoms. The Labute approximate surface area is 197 Å². The van der Waals surface area contributed by atoms with Crippen LogP contribution >= 0.6 is 0 Å². The molecule has 0 saturated heterocycles. The number of hydrogen-bond acceptors (Lipinski definition) is 5. The molecule has 0 aliphatic carbocycles. The van der Waals surface area contributed by atoms with Crippen molar-refractivity contribution in [1.29, 1.82) is 0 Å². The SMILES string of the molecule is C=CCOc1cccc(/C=N/NC(=O)C(=O)Nc2ccccc2C(=O)Nc2cccc(C)c2)c1. The molecular weight excluding hydrogens is 432 g/mol. The van der Waals surface area contributed by atoms with Crippen LogP contribution in [0.25, 0.3) is 0 Å². The Morgan fingerprint density at radius 1 is 0.941 bits per heavy atom. The van der Waals surface area contributed by atoms with Crippen molar-refractivity contribution in [2.75, 3.05) is 17.2 Å². The molecule has 0 radical (unpaired) electrons. The lowest BCUT2D eigenvalue weighted by atomic mass is 10.1. The number of aryl methyl sites for hydroxylation is 1. The highest BCUT2D eigenvalue weighted by Crippen LogP contribution is 2.18. The largest absolute Gasteiger partial charge is 0.490 e. The molecular formula is C26H24N4O4. The maximum atomic E-state index is 12.7. The number of benzene rings is 3. The van der Waals surface area contributed by atoms with Crippen LogP contribution in [0.4, 0.5) is 11.4 Å². The maximum Gasteiger partial charge on any atom is 0.329 e. The van der Waals surface area contributed by atoms with Crippen LogP contribution in [0.15, 0.2) is 90.6 Å². The van der Waals surface area contributed by atoms with Gasteiger partial charge < -0.3 is 15.4 Å². The minimum absolute atomic E-state index is 0.198. The summed E-state index contributed by atoms with van der Waals surface area (Å²) < 4.78 is 5.44. The number of amides is 3. The first-order valence-corrected chi connectivity index (χ1v) is 10.4. The highest BCUT2D eigenvalue weighted by molar-refractivity contribution is 6.40. The minimum Gasteiger partial charge on any atom is -0.490 e. The van der Waals surface area contributed by atoms with Crippen LogP contribution < -0.4 is 20.8 Å². The molecule has 34 heavy (non-hydrogen) atoms. The van der Waals surface area contributed by atoms with E-state index in [1.807, 2.05) is 25.1 Å². The van der Waals surface area contributed by atoms with Gasteiger partial charge in [-0.15, -0.1) is 0 Å². The zero-order valence-corrected chi connectivity index (χ0v) is 18.6. The average Bonchev–Trinajstić information content (AvgIpc) is 2.83. The Morgan fingerprint density at radius 2 is 1.74 bits per heavy atom. The highest BCUT2D eigenvalue weighted by atomic mass is 16.5. The lowest BCUT2D eigenvalue weighted by Gasteiger charge is -2.11. The highest BCUT2D eigenvalue weighted by Gasteiger charge is 2.17. The van der Waals surface area contributed by atoms with Crippen LogP contribution in [0, 0.1) is 6.92 Å². The first-order chi connectivity index (χ1) is 16.5. The van der Waals surface area contributed by atoms with Gasteiger partial charge in [-0.3, -0.25) is 14.4 Å². The molecule has 0 spiro atoms. The van der Waals surface area contributed by atoms with Crippen molar-refractivity contribution in [2.24, 2.45) is 5.10 Å². The van der Waals surface area contributed by atoms with Crippen LogP contribution in [-0.2, 0) is 9.59 Å². The van der Waals surface area contributed by atoms with Crippen LogP contribution in [0.5, 0.6) is 5.75 Å². The molecule has 0 atom stereocenters. The van der Waals surface area contributed by atoms with E-state index in [2.05, 4.69) is 27.7 Å². The van der Waals surface area contributed by atoms with Gasteiger partial charge in [0.15, 0.2) is 0 Å². The van der Waals surface area contributed by atoms with E-state index in [1.165, 1.54) is 12.3 Å². The first-order valence-electron chi connectivity index (χ1n) is 10.4. The van der Waals surface area contributed by atoms with Gasteiger partial charge in [0.05, 0.1) is 17.5 Å². The molecule has 3 amide bonds. The Balaban J connectivity index is 1.61. The number of para-hydroxylation sites is 1. The predicted octanol–water partition coefficient (Wildman–Crippen LogP) is 3.90. The molecule has 3 rings (SSSR count). The second-order valence-corrected chi connectivity index (χ2v) is 7.19. The molecule has 172 valence electrons. The van der Waals surface area contributed by atoms with Crippen molar-refractivity contribution in [3.05, 3.63) is 102 Å². The summed E-state index contributed by atoms with van der Waals surface area (Å²) in [7, 11) is 0. The Kier molecular flexibility index (Phi) is 8.29. The van der Waals surface area contributed by atoms with Gasteiger partial charge >= 0.3 is 11.8 Å². The number of carbonyl (C=O) groups is 3. The van der Waals surface area contributed by atoms with Gasteiger partial charge in [0.2, 0.25) is 0 Å². The van der Waals surface area contributed by atoms with Gasteiger partial charge in [0, 0.05) is 5.69 Å². The fourth-order valence-electron chi connectivity index (χ4n) is 2.95. The molecule has 3 aromatic carbocycles. The van der Waals surface area contributed by atoms with Crippen molar-refractivity contribution >= 4 is 35.3 Å². The molecule has 0 aromatic heterocycles. The topological polar surface area (TPSA) is 109 Å². The van der Waals surface area contributed by atoms with E-state index in [0.717, 1.165) is 5.56 Å². The van der Waals surface area contributed by atoms with E-state index >= 15 is 0 Å². The molecule has 3 N–H and O–H groups in total. The van der Waals surface area contributed by atoms with E-state index < -0.39 is 17.7 Å². The van der Waals surface area contributed by atoms with E-state index in [0.29, 0.717) is 23.6 Å². The van der Waals surface area contributed by atoms with E-state index in [-0.39, 0.29) is 11.3 Å². The molecule has 0 unspecified atom stereocenters. The van der Waals surface area contributed by atoms with Gasteiger partial charge in [-0.1, -0.05) is 49.1 Å².